The molecule has 0 aliphatic rings. The number of nitrogens with zero attached hydrogens (tertiary/aromatic N) is 2. The Morgan fingerprint density at radius 2 is 1.55 bits per heavy atom. The van der Waals surface area contributed by atoms with Crippen LogP contribution < -0.4 is 10.1 Å². The highest BCUT2D eigenvalue weighted by atomic mass is 16.5. The van der Waals surface area contributed by atoms with Crippen molar-refractivity contribution in [2.45, 2.75) is 39.5 Å². The third-order valence-electron chi connectivity index (χ3n) is 4.82. The molecule has 0 amide bonds. The molecular weight excluding hydrogens is 362 g/mol. The van der Waals surface area contributed by atoms with Crippen LogP contribution in [0.15, 0.2) is 60.7 Å². The van der Waals surface area contributed by atoms with Crippen LogP contribution in [0.3, 0.4) is 0 Å². The lowest BCUT2D eigenvalue weighted by Gasteiger charge is -2.18. The monoisotopic (exact) mass is 389 g/mol. The third-order valence-corrected chi connectivity index (χ3v) is 4.82. The van der Waals surface area contributed by atoms with Crippen molar-refractivity contribution in [3.63, 3.8) is 0 Å². The fourth-order valence-corrected chi connectivity index (χ4v) is 3.33. The Kier molecular flexibility index (Phi) is 6.95. The maximum Gasteiger partial charge on any atom is 0.343 e. The van der Waals surface area contributed by atoms with Crippen molar-refractivity contribution in [3.8, 4) is 5.75 Å². The van der Waals surface area contributed by atoms with Crippen LogP contribution in [0.1, 0.15) is 53.0 Å². The predicted molar refractivity (Wildman–Crippen MR) is 115 cm³/mol. The van der Waals surface area contributed by atoms with Crippen LogP contribution in [0.5, 0.6) is 5.75 Å². The Labute approximate surface area is 172 Å². The van der Waals surface area contributed by atoms with E-state index in [1.54, 1.807) is 24.3 Å². The van der Waals surface area contributed by atoms with Crippen molar-refractivity contribution in [1.82, 2.24) is 9.97 Å². The van der Waals surface area contributed by atoms with E-state index in [0.29, 0.717) is 34.6 Å². The fraction of sp³-hybridized carbons (Fsp3) is 0.292. The zero-order chi connectivity index (χ0) is 20.6. The topological polar surface area (TPSA) is 64.1 Å². The molecule has 29 heavy (non-hydrogen) atoms. The highest BCUT2D eigenvalue weighted by Gasteiger charge is 2.16. The third kappa shape index (κ3) is 5.41. The van der Waals surface area contributed by atoms with Gasteiger partial charge in [-0.1, -0.05) is 61.9 Å². The summed E-state index contributed by atoms with van der Waals surface area (Å²) in [5, 5.41) is 3.36. The summed E-state index contributed by atoms with van der Waals surface area (Å²) in [4.78, 5) is 21.4. The Bertz CT molecular complexity index is 920. The first-order valence-electron chi connectivity index (χ1n) is 9.99. The molecule has 5 nitrogen and oxygen atoms in total. The molecule has 0 fully saturated rings. The molecule has 1 N–H and O–H groups in total. The van der Waals surface area contributed by atoms with Crippen molar-refractivity contribution >= 4 is 11.9 Å². The molecule has 5 heteroatoms. The van der Waals surface area contributed by atoms with E-state index >= 15 is 0 Å². The molecule has 1 aromatic heterocycles. The van der Waals surface area contributed by atoms with Gasteiger partial charge < -0.3 is 10.1 Å². The van der Waals surface area contributed by atoms with Crippen molar-refractivity contribution < 1.29 is 9.53 Å². The van der Waals surface area contributed by atoms with E-state index in [1.165, 1.54) is 5.56 Å². The second kappa shape index (κ2) is 9.82. The van der Waals surface area contributed by atoms with Gasteiger partial charge in [0.2, 0.25) is 5.95 Å². The minimum Gasteiger partial charge on any atom is -0.419 e. The number of hydrogen-bond donors (Lipinski definition) is 1. The standard InChI is InChI=1S/C24H27N3O2/c1-4-11-21(19-12-7-5-8-13-19)16-25-24-26-17(2)22(18(3)27-24)29-23(28)20-14-9-6-10-15-20/h5-10,12-15,21H,4,11,16H2,1-3H3,(H,25,26,27). The van der Waals surface area contributed by atoms with Crippen molar-refractivity contribution in [2.24, 2.45) is 0 Å². The molecule has 2 aromatic carbocycles. The van der Waals surface area contributed by atoms with Gasteiger partial charge in [-0.05, 0) is 38.0 Å². The lowest BCUT2D eigenvalue weighted by molar-refractivity contribution is 0.0730. The first-order chi connectivity index (χ1) is 14.1. The second-order valence-corrected chi connectivity index (χ2v) is 7.08. The summed E-state index contributed by atoms with van der Waals surface area (Å²) in [6.45, 7) is 6.60. The van der Waals surface area contributed by atoms with E-state index in [1.807, 2.05) is 26.0 Å². The van der Waals surface area contributed by atoms with Crippen LogP contribution in [0.2, 0.25) is 0 Å². The summed E-state index contributed by atoms with van der Waals surface area (Å²) in [6, 6.07) is 19.4. The molecule has 150 valence electrons. The number of rotatable bonds is 8. The molecule has 0 aliphatic carbocycles. The number of ether oxygens (including phenoxy) is 1. The molecule has 3 aromatic rings. The SMILES string of the molecule is CCCC(CNc1nc(C)c(OC(=O)c2ccccc2)c(C)n1)c1ccccc1. The number of aromatic nitrogens is 2. The smallest absolute Gasteiger partial charge is 0.343 e. The van der Waals surface area contributed by atoms with E-state index < -0.39 is 5.97 Å². The van der Waals surface area contributed by atoms with E-state index in [9.17, 15) is 4.79 Å². The molecule has 1 heterocycles. The van der Waals surface area contributed by atoms with Crippen molar-refractivity contribution in [2.75, 3.05) is 11.9 Å². The van der Waals surface area contributed by atoms with Crippen LogP contribution in [0.4, 0.5) is 5.95 Å². The van der Waals surface area contributed by atoms with Gasteiger partial charge in [-0.2, -0.15) is 0 Å². The average molecular weight is 389 g/mol. The largest absolute Gasteiger partial charge is 0.419 e. The van der Waals surface area contributed by atoms with Crippen LogP contribution in [0.25, 0.3) is 0 Å². The Morgan fingerprint density at radius 3 is 2.14 bits per heavy atom. The molecular formula is C24H27N3O2. The number of esters is 1. The summed E-state index contributed by atoms with van der Waals surface area (Å²) >= 11 is 0. The van der Waals surface area contributed by atoms with Gasteiger partial charge in [-0.25, -0.2) is 14.8 Å². The van der Waals surface area contributed by atoms with Gasteiger partial charge in [0.1, 0.15) is 0 Å². The maximum absolute atomic E-state index is 12.4. The normalized spacial score (nSPS) is 11.7. The molecule has 1 atom stereocenters. The fourth-order valence-electron chi connectivity index (χ4n) is 3.33. The quantitative estimate of drug-likeness (QED) is 0.529. The Balaban J connectivity index is 1.71. The zero-order valence-electron chi connectivity index (χ0n) is 17.2. The van der Waals surface area contributed by atoms with Gasteiger partial charge in [0.05, 0.1) is 17.0 Å². The van der Waals surface area contributed by atoms with E-state index in [-0.39, 0.29) is 0 Å². The molecule has 0 bridgehead atoms. The number of nitrogens with one attached hydrogen (secondary N) is 1. The minimum atomic E-state index is -0.409. The van der Waals surface area contributed by atoms with Crippen LogP contribution in [-0.2, 0) is 0 Å². The van der Waals surface area contributed by atoms with Crippen LogP contribution in [-0.4, -0.2) is 22.5 Å². The summed E-state index contributed by atoms with van der Waals surface area (Å²) in [5.74, 6) is 0.948. The lowest BCUT2D eigenvalue weighted by atomic mass is 9.94. The number of benzene rings is 2. The zero-order valence-corrected chi connectivity index (χ0v) is 17.2. The van der Waals surface area contributed by atoms with Gasteiger partial charge >= 0.3 is 5.97 Å². The molecule has 0 saturated heterocycles. The number of hydrogen-bond acceptors (Lipinski definition) is 5. The number of aryl methyl sites for hydroxylation is 2. The minimum absolute atomic E-state index is 0.390. The molecule has 3 rings (SSSR count). The number of anilines is 1. The maximum atomic E-state index is 12.4. The summed E-state index contributed by atoms with van der Waals surface area (Å²) in [7, 11) is 0. The van der Waals surface area contributed by atoms with Crippen LogP contribution in [0, 0.1) is 13.8 Å². The van der Waals surface area contributed by atoms with Gasteiger partial charge in [-0.15, -0.1) is 0 Å². The van der Waals surface area contributed by atoms with Gasteiger partial charge in [-0.3, -0.25) is 0 Å². The molecule has 1 unspecified atom stereocenters. The van der Waals surface area contributed by atoms with Crippen molar-refractivity contribution in [1.29, 1.82) is 0 Å². The van der Waals surface area contributed by atoms with Crippen LogP contribution >= 0.6 is 0 Å². The predicted octanol–water partition coefficient (Wildman–Crippen LogP) is 5.31. The Morgan fingerprint density at radius 1 is 0.966 bits per heavy atom. The first-order valence-corrected chi connectivity index (χ1v) is 9.99. The van der Waals surface area contributed by atoms with Gasteiger partial charge in [0.15, 0.2) is 5.75 Å². The van der Waals surface area contributed by atoms with Gasteiger partial charge in [0.25, 0.3) is 0 Å². The number of carbonyl (C=O) groups is 1. The van der Waals surface area contributed by atoms with E-state index in [0.717, 1.165) is 19.4 Å². The highest BCUT2D eigenvalue weighted by molar-refractivity contribution is 5.91. The lowest BCUT2D eigenvalue weighted by Crippen LogP contribution is -2.16. The molecule has 0 spiro atoms. The molecule has 0 aliphatic heterocycles. The molecule has 0 saturated carbocycles. The summed E-state index contributed by atoms with van der Waals surface area (Å²) in [5.41, 5.74) is 3.08. The summed E-state index contributed by atoms with van der Waals surface area (Å²) in [6.07, 6.45) is 2.19. The van der Waals surface area contributed by atoms with E-state index in [4.69, 9.17) is 4.74 Å². The highest BCUT2D eigenvalue weighted by Crippen LogP contribution is 2.24. The first kappa shape index (κ1) is 20.5. The average Bonchev–Trinajstić information content (AvgIpc) is 2.75. The Hall–Kier alpha value is -3.21. The second-order valence-electron chi connectivity index (χ2n) is 7.08. The summed E-state index contributed by atoms with van der Waals surface area (Å²) < 4.78 is 5.56. The number of carbonyl (C=O) groups excluding carboxylic acids is 1. The van der Waals surface area contributed by atoms with Gasteiger partial charge in [0, 0.05) is 12.5 Å². The molecule has 0 radical (unpaired) electrons. The van der Waals surface area contributed by atoms with E-state index in [2.05, 4.69) is 46.5 Å². The van der Waals surface area contributed by atoms with Crippen molar-refractivity contribution in [3.05, 3.63) is 83.2 Å².